The van der Waals surface area contributed by atoms with E-state index in [-0.39, 0.29) is 5.56 Å². The second kappa shape index (κ2) is 4.61. The molecule has 6 heteroatoms. The molecule has 0 saturated carbocycles. The molecule has 0 fully saturated rings. The molecule has 2 nitrogen and oxygen atoms in total. The van der Waals surface area contributed by atoms with Gasteiger partial charge < -0.3 is 4.74 Å². The minimum atomic E-state index is -4.26. The van der Waals surface area contributed by atoms with Crippen LogP contribution in [-0.4, -0.2) is 19.3 Å². The quantitative estimate of drug-likeness (QED) is 0.779. The summed E-state index contributed by atoms with van der Waals surface area (Å²) in [6, 6.07) is 6.20. The van der Waals surface area contributed by atoms with Crippen molar-refractivity contribution in [1.29, 1.82) is 0 Å². The van der Waals surface area contributed by atoms with E-state index in [4.69, 9.17) is 0 Å². The number of ether oxygens (including phenoxy) is 1. The van der Waals surface area contributed by atoms with Crippen LogP contribution >= 0.6 is 11.3 Å². The summed E-state index contributed by atoms with van der Waals surface area (Å²) in [5.74, 6) is -0.533. The van der Waals surface area contributed by atoms with Crippen molar-refractivity contribution in [2.24, 2.45) is 0 Å². The number of carbonyl (C=O) groups excluding carboxylic acids is 1. The molecule has 18 heavy (non-hydrogen) atoms. The summed E-state index contributed by atoms with van der Waals surface area (Å²) in [4.78, 5) is 11.7. The third-order valence-corrected chi connectivity index (χ3v) is 3.61. The predicted molar refractivity (Wildman–Crippen MR) is 62.9 cm³/mol. The molecule has 0 spiro atoms. The van der Waals surface area contributed by atoms with Gasteiger partial charge in [0, 0.05) is 4.70 Å². The third kappa shape index (κ3) is 2.64. The molecule has 0 atom stereocenters. The van der Waals surface area contributed by atoms with Crippen LogP contribution in [0.3, 0.4) is 0 Å². The lowest BCUT2D eigenvalue weighted by atomic mass is 10.1. The van der Waals surface area contributed by atoms with Gasteiger partial charge in [-0.2, -0.15) is 13.2 Å². The van der Waals surface area contributed by atoms with Gasteiger partial charge in [-0.25, -0.2) is 4.79 Å². The maximum absolute atomic E-state index is 12.4. The first-order valence-electron chi connectivity index (χ1n) is 5.07. The van der Waals surface area contributed by atoms with Gasteiger partial charge in [0.1, 0.15) is 4.88 Å². The van der Waals surface area contributed by atoms with Gasteiger partial charge in [0.2, 0.25) is 0 Å². The molecule has 0 aliphatic heterocycles. The zero-order chi connectivity index (χ0) is 13.3. The first kappa shape index (κ1) is 12.9. The average Bonchev–Trinajstić information content (AvgIpc) is 2.71. The standard InChI is InChI=1S/C12H9F3O2S/c1-17-11(16)9-5-7-3-2-4-8(10(7)18-9)6-12(13,14)15/h2-5H,6H2,1H3. The van der Waals surface area contributed by atoms with E-state index < -0.39 is 18.6 Å². The zero-order valence-corrected chi connectivity index (χ0v) is 10.2. The zero-order valence-electron chi connectivity index (χ0n) is 9.38. The fourth-order valence-corrected chi connectivity index (χ4v) is 2.77. The number of fused-ring (bicyclic) bond motifs is 1. The van der Waals surface area contributed by atoms with Crippen molar-refractivity contribution < 1.29 is 22.7 Å². The minimum absolute atomic E-state index is 0.181. The van der Waals surface area contributed by atoms with Crippen LogP contribution in [0.2, 0.25) is 0 Å². The summed E-state index contributed by atoms with van der Waals surface area (Å²) >= 11 is 1.02. The maximum Gasteiger partial charge on any atom is 0.393 e. The number of alkyl halides is 3. The molecule has 2 rings (SSSR count). The highest BCUT2D eigenvalue weighted by molar-refractivity contribution is 7.21. The minimum Gasteiger partial charge on any atom is -0.465 e. The van der Waals surface area contributed by atoms with Gasteiger partial charge in [-0.1, -0.05) is 18.2 Å². The first-order chi connectivity index (χ1) is 8.40. The Morgan fingerprint density at radius 2 is 2.11 bits per heavy atom. The van der Waals surface area contributed by atoms with Gasteiger partial charge in [0.25, 0.3) is 0 Å². The fourth-order valence-electron chi connectivity index (χ4n) is 1.68. The van der Waals surface area contributed by atoms with Crippen molar-refractivity contribution in [3.8, 4) is 0 Å². The summed E-state index contributed by atoms with van der Waals surface area (Å²) in [6.07, 6.45) is -5.25. The molecule has 96 valence electrons. The van der Waals surface area contributed by atoms with Gasteiger partial charge >= 0.3 is 12.1 Å². The fraction of sp³-hybridized carbons (Fsp3) is 0.250. The highest BCUT2D eigenvalue weighted by Gasteiger charge is 2.29. The molecule has 1 aromatic carbocycles. The molecule has 0 aliphatic carbocycles. The summed E-state index contributed by atoms with van der Waals surface area (Å²) in [5, 5.41) is 0.627. The van der Waals surface area contributed by atoms with Crippen molar-refractivity contribution in [3.63, 3.8) is 0 Å². The topological polar surface area (TPSA) is 26.3 Å². The van der Waals surface area contributed by atoms with Crippen LogP contribution in [-0.2, 0) is 11.2 Å². The molecule has 0 radical (unpaired) electrons. The van der Waals surface area contributed by atoms with Crippen LogP contribution in [0.5, 0.6) is 0 Å². The van der Waals surface area contributed by atoms with Crippen molar-refractivity contribution in [2.75, 3.05) is 7.11 Å². The second-order valence-corrected chi connectivity index (χ2v) is 4.78. The van der Waals surface area contributed by atoms with E-state index in [0.29, 0.717) is 15.0 Å². The molecule has 0 amide bonds. The van der Waals surface area contributed by atoms with Crippen molar-refractivity contribution in [1.82, 2.24) is 0 Å². The Balaban J connectivity index is 2.49. The van der Waals surface area contributed by atoms with E-state index >= 15 is 0 Å². The summed E-state index contributed by atoms with van der Waals surface area (Å²) < 4.78 is 42.3. The number of methoxy groups -OCH3 is 1. The number of carbonyl (C=O) groups is 1. The normalized spacial score (nSPS) is 11.8. The molecule has 2 aromatic rings. The lowest BCUT2D eigenvalue weighted by molar-refractivity contribution is -0.126. The van der Waals surface area contributed by atoms with Gasteiger partial charge in [-0.15, -0.1) is 11.3 Å². The van der Waals surface area contributed by atoms with E-state index in [2.05, 4.69) is 4.74 Å². The Morgan fingerprint density at radius 3 is 2.72 bits per heavy atom. The number of esters is 1. The lowest BCUT2D eigenvalue weighted by Gasteiger charge is -2.06. The molecule has 0 bridgehead atoms. The summed E-state index contributed by atoms with van der Waals surface area (Å²) in [7, 11) is 1.24. The van der Waals surface area contributed by atoms with Gasteiger partial charge in [-0.05, 0) is 17.0 Å². The number of thiophene rings is 1. The Kier molecular flexibility index (Phi) is 3.30. The van der Waals surface area contributed by atoms with Gasteiger partial charge in [0.15, 0.2) is 0 Å². The van der Waals surface area contributed by atoms with E-state index in [0.717, 1.165) is 11.3 Å². The van der Waals surface area contributed by atoms with Crippen LogP contribution < -0.4 is 0 Å². The highest BCUT2D eigenvalue weighted by Crippen LogP contribution is 2.32. The molecular formula is C12H9F3O2S. The van der Waals surface area contributed by atoms with E-state index in [1.807, 2.05) is 0 Å². The van der Waals surface area contributed by atoms with Crippen LogP contribution in [0.25, 0.3) is 10.1 Å². The maximum atomic E-state index is 12.4. The molecule has 1 aromatic heterocycles. The average molecular weight is 274 g/mol. The Bertz CT molecular complexity index is 587. The second-order valence-electron chi connectivity index (χ2n) is 3.73. The Hall–Kier alpha value is -1.56. The Morgan fingerprint density at radius 1 is 1.39 bits per heavy atom. The smallest absolute Gasteiger partial charge is 0.393 e. The highest BCUT2D eigenvalue weighted by atomic mass is 32.1. The third-order valence-electron chi connectivity index (χ3n) is 2.40. The Labute approximate surface area is 105 Å². The molecule has 0 N–H and O–H groups in total. The van der Waals surface area contributed by atoms with Crippen LogP contribution in [0.4, 0.5) is 13.2 Å². The number of hydrogen-bond donors (Lipinski definition) is 0. The van der Waals surface area contributed by atoms with Gasteiger partial charge in [0.05, 0.1) is 13.5 Å². The number of halogens is 3. The van der Waals surface area contributed by atoms with Crippen LogP contribution in [0.1, 0.15) is 15.2 Å². The molecule has 1 heterocycles. The van der Waals surface area contributed by atoms with Crippen molar-refractivity contribution in [3.05, 3.63) is 34.7 Å². The molecular weight excluding hydrogens is 265 g/mol. The van der Waals surface area contributed by atoms with E-state index in [1.54, 1.807) is 18.2 Å². The van der Waals surface area contributed by atoms with E-state index in [9.17, 15) is 18.0 Å². The molecule has 0 saturated heterocycles. The molecule has 0 aliphatic rings. The summed E-state index contributed by atoms with van der Waals surface area (Å²) in [6.45, 7) is 0. The van der Waals surface area contributed by atoms with Crippen LogP contribution in [0.15, 0.2) is 24.3 Å². The molecule has 0 unspecified atom stereocenters. The number of benzene rings is 1. The van der Waals surface area contributed by atoms with Crippen LogP contribution in [0, 0.1) is 0 Å². The van der Waals surface area contributed by atoms with Crippen molar-refractivity contribution >= 4 is 27.4 Å². The number of hydrogen-bond acceptors (Lipinski definition) is 3. The lowest BCUT2D eigenvalue weighted by Crippen LogP contribution is -2.11. The largest absolute Gasteiger partial charge is 0.465 e. The summed E-state index contributed by atoms with van der Waals surface area (Å²) in [5.41, 5.74) is 0.181. The predicted octanol–water partition coefficient (Wildman–Crippen LogP) is 3.79. The number of rotatable bonds is 2. The van der Waals surface area contributed by atoms with E-state index in [1.165, 1.54) is 13.2 Å². The van der Waals surface area contributed by atoms with Crippen molar-refractivity contribution in [2.45, 2.75) is 12.6 Å². The van der Waals surface area contributed by atoms with Gasteiger partial charge in [-0.3, -0.25) is 0 Å². The first-order valence-corrected chi connectivity index (χ1v) is 5.89. The SMILES string of the molecule is COC(=O)c1cc2cccc(CC(F)(F)F)c2s1. The monoisotopic (exact) mass is 274 g/mol.